The van der Waals surface area contributed by atoms with E-state index >= 15 is 0 Å². The Balaban J connectivity index is 2.12. The van der Waals surface area contributed by atoms with Crippen molar-refractivity contribution in [3.05, 3.63) is 62.1 Å². The molecule has 0 N–H and O–H groups in total. The van der Waals surface area contributed by atoms with Gasteiger partial charge in [-0.2, -0.15) is 5.26 Å². The smallest absolute Gasteiger partial charge is 0.0998 e. The molecule has 0 fully saturated rings. The van der Waals surface area contributed by atoms with E-state index in [1.165, 1.54) is 11.3 Å². The van der Waals surface area contributed by atoms with E-state index in [4.69, 9.17) is 34.8 Å². The minimum Gasteiger partial charge on any atom is -0.366 e. The normalized spacial score (nSPS) is 18.3. The van der Waals surface area contributed by atoms with E-state index in [0.29, 0.717) is 32.1 Å². The van der Waals surface area contributed by atoms with E-state index in [0.717, 1.165) is 24.9 Å². The molecule has 0 saturated heterocycles. The first kappa shape index (κ1) is 22.0. The maximum atomic E-state index is 9.74. The summed E-state index contributed by atoms with van der Waals surface area (Å²) in [6, 6.07) is 11.6. The van der Waals surface area contributed by atoms with Crippen LogP contribution in [0.5, 0.6) is 0 Å². The molecular weight excluding hydrogens is 423 g/mol. The summed E-state index contributed by atoms with van der Waals surface area (Å²) in [7, 11) is 0. The third-order valence-electron chi connectivity index (χ3n) is 5.59. The van der Waals surface area contributed by atoms with Gasteiger partial charge in [0.2, 0.25) is 0 Å². The van der Waals surface area contributed by atoms with Crippen LogP contribution >= 0.6 is 34.8 Å². The van der Waals surface area contributed by atoms with Gasteiger partial charge in [-0.1, -0.05) is 54.7 Å². The Bertz CT molecular complexity index is 1000. The molecule has 2 nitrogen and oxygen atoms in total. The third-order valence-corrected chi connectivity index (χ3v) is 6.47. The van der Waals surface area contributed by atoms with Gasteiger partial charge >= 0.3 is 0 Å². The Labute approximate surface area is 188 Å². The van der Waals surface area contributed by atoms with E-state index in [2.05, 4.69) is 44.7 Å². The van der Waals surface area contributed by atoms with Gasteiger partial charge in [-0.25, -0.2) is 0 Å². The highest BCUT2D eigenvalue weighted by Crippen LogP contribution is 2.45. The Hall–Kier alpha value is -1.66. The number of hydrogen-bond acceptors (Lipinski definition) is 2. The average molecular weight is 448 g/mol. The van der Waals surface area contributed by atoms with E-state index < -0.39 is 0 Å². The fraction of sp³-hybridized carbons (Fsp3) is 0.375. The molecule has 2 aromatic carbocycles. The molecule has 29 heavy (non-hydrogen) atoms. The van der Waals surface area contributed by atoms with Crippen molar-refractivity contribution in [3.8, 4) is 6.07 Å². The highest BCUT2D eigenvalue weighted by atomic mass is 35.5. The number of fused-ring (bicyclic) bond motifs is 1. The van der Waals surface area contributed by atoms with Crippen LogP contribution in [0.3, 0.4) is 0 Å². The van der Waals surface area contributed by atoms with Gasteiger partial charge in [0.05, 0.1) is 16.7 Å². The number of benzene rings is 2. The molecule has 2 aromatic rings. The predicted molar refractivity (Wildman–Crippen MR) is 126 cm³/mol. The maximum absolute atomic E-state index is 9.74. The van der Waals surface area contributed by atoms with Gasteiger partial charge in [0.1, 0.15) is 0 Å². The molecule has 5 heteroatoms. The zero-order valence-electron chi connectivity index (χ0n) is 17.2. The Morgan fingerprint density at radius 1 is 1.21 bits per heavy atom. The molecule has 152 valence electrons. The second kappa shape index (κ2) is 8.60. The van der Waals surface area contributed by atoms with Crippen molar-refractivity contribution in [2.24, 2.45) is 0 Å². The molecule has 1 heterocycles. The van der Waals surface area contributed by atoms with Crippen LogP contribution in [0.25, 0.3) is 11.6 Å². The Morgan fingerprint density at radius 3 is 2.55 bits per heavy atom. The predicted octanol–water partition coefficient (Wildman–Crippen LogP) is 8.21. The van der Waals surface area contributed by atoms with Crippen molar-refractivity contribution >= 4 is 52.1 Å². The molecule has 0 radical (unpaired) electrons. The first-order valence-electron chi connectivity index (χ1n) is 9.86. The van der Waals surface area contributed by atoms with Gasteiger partial charge in [0, 0.05) is 33.4 Å². The van der Waals surface area contributed by atoms with Crippen molar-refractivity contribution in [2.45, 2.75) is 52.0 Å². The fourth-order valence-electron chi connectivity index (χ4n) is 4.31. The molecule has 0 spiro atoms. The summed E-state index contributed by atoms with van der Waals surface area (Å²) in [5, 5.41) is 11.4. The summed E-state index contributed by atoms with van der Waals surface area (Å²) in [4.78, 5) is 2.46. The minimum absolute atomic E-state index is 0.0811. The largest absolute Gasteiger partial charge is 0.366 e. The Morgan fingerprint density at radius 2 is 1.93 bits per heavy atom. The number of hydrogen-bond donors (Lipinski definition) is 0. The van der Waals surface area contributed by atoms with Crippen LogP contribution in [0.1, 0.15) is 63.1 Å². The molecule has 1 aliphatic rings. The van der Waals surface area contributed by atoms with Gasteiger partial charge < -0.3 is 4.90 Å². The second-order valence-electron chi connectivity index (χ2n) is 8.30. The minimum atomic E-state index is 0.0811. The number of anilines is 1. The number of halogens is 3. The molecule has 1 atom stereocenters. The summed E-state index contributed by atoms with van der Waals surface area (Å²) in [5.74, 6) is 0.405. The number of nitrogens with zero attached hydrogens (tertiary/aromatic N) is 2. The molecule has 0 amide bonds. The quantitative estimate of drug-likeness (QED) is 0.348. The van der Waals surface area contributed by atoms with Crippen LogP contribution in [0.2, 0.25) is 15.1 Å². The first-order chi connectivity index (χ1) is 13.7. The summed E-state index contributed by atoms with van der Waals surface area (Å²) in [6.45, 7) is 10.0. The van der Waals surface area contributed by atoms with Gasteiger partial charge in [-0.3, -0.25) is 0 Å². The fourth-order valence-corrected chi connectivity index (χ4v) is 5.03. The van der Waals surface area contributed by atoms with E-state index in [-0.39, 0.29) is 5.54 Å². The van der Waals surface area contributed by atoms with Crippen molar-refractivity contribution in [1.82, 2.24) is 0 Å². The summed E-state index contributed by atoms with van der Waals surface area (Å²) in [5.41, 5.74) is 4.49. The zero-order chi connectivity index (χ0) is 21.3. The molecule has 0 aliphatic carbocycles. The number of rotatable bonds is 4. The molecule has 1 aliphatic heterocycles. The summed E-state index contributed by atoms with van der Waals surface area (Å²) >= 11 is 19.0. The Kier molecular flexibility index (Phi) is 6.54. The molecule has 1 unspecified atom stereocenters. The van der Waals surface area contributed by atoms with Crippen LogP contribution in [0, 0.1) is 11.3 Å². The summed E-state index contributed by atoms with van der Waals surface area (Å²) < 4.78 is 0. The number of allylic oxidation sites excluding steroid dienone is 1. The highest BCUT2D eigenvalue weighted by Gasteiger charge is 2.36. The number of nitriles is 1. The summed E-state index contributed by atoms with van der Waals surface area (Å²) in [6.07, 6.45) is 3.96. The van der Waals surface area contributed by atoms with Gasteiger partial charge in [0.15, 0.2) is 0 Å². The molecule has 0 bridgehead atoms. The molecular formula is C24H25Cl3N2. The average Bonchev–Trinajstić information content (AvgIpc) is 2.64. The maximum Gasteiger partial charge on any atom is 0.0998 e. The van der Waals surface area contributed by atoms with E-state index in [1.54, 1.807) is 18.2 Å². The van der Waals surface area contributed by atoms with Gasteiger partial charge in [0.25, 0.3) is 0 Å². The van der Waals surface area contributed by atoms with Crippen molar-refractivity contribution in [2.75, 3.05) is 11.4 Å². The molecule has 3 rings (SSSR count). The standard InChI is InChI=1S/C24H25Cl3N2/c1-5-8-29-23-12-21(26)16(10-20(23)15(2)13-24(29,3)4)9-17(14-28)19-7-6-18(25)11-22(19)27/h6-7,9-12,15H,5,8,13H2,1-4H3/b17-9+. The monoisotopic (exact) mass is 446 g/mol. The zero-order valence-corrected chi connectivity index (χ0v) is 19.5. The lowest BCUT2D eigenvalue weighted by Crippen LogP contribution is -2.48. The first-order valence-corrected chi connectivity index (χ1v) is 11.0. The lowest BCUT2D eigenvalue weighted by molar-refractivity contribution is 0.376. The molecule has 0 saturated carbocycles. The van der Waals surface area contributed by atoms with Crippen LogP contribution < -0.4 is 4.90 Å². The van der Waals surface area contributed by atoms with Crippen molar-refractivity contribution in [1.29, 1.82) is 5.26 Å². The lowest BCUT2D eigenvalue weighted by atomic mass is 9.79. The van der Waals surface area contributed by atoms with E-state index in [9.17, 15) is 5.26 Å². The third kappa shape index (κ3) is 4.43. The van der Waals surface area contributed by atoms with Crippen LogP contribution in [-0.4, -0.2) is 12.1 Å². The SMILES string of the molecule is CCCN1c2cc(Cl)c(/C=C(\C#N)c3ccc(Cl)cc3Cl)cc2C(C)CC1(C)C. The lowest BCUT2D eigenvalue weighted by Gasteiger charge is -2.47. The van der Waals surface area contributed by atoms with Gasteiger partial charge in [-0.05, 0) is 74.1 Å². The van der Waals surface area contributed by atoms with Crippen LogP contribution in [-0.2, 0) is 0 Å². The van der Waals surface area contributed by atoms with Crippen LogP contribution in [0.15, 0.2) is 30.3 Å². The van der Waals surface area contributed by atoms with Crippen molar-refractivity contribution in [3.63, 3.8) is 0 Å². The van der Waals surface area contributed by atoms with Crippen LogP contribution in [0.4, 0.5) is 5.69 Å². The van der Waals surface area contributed by atoms with Crippen molar-refractivity contribution < 1.29 is 0 Å². The molecule has 0 aromatic heterocycles. The van der Waals surface area contributed by atoms with E-state index in [1.807, 2.05) is 12.1 Å². The second-order valence-corrected chi connectivity index (χ2v) is 9.55. The van der Waals surface area contributed by atoms with Gasteiger partial charge in [-0.15, -0.1) is 0 Å². The topological polar surface area (TPSA) is 27.0 Å². The highest BCUT2D eigenvalue weighted by molar-refractivity contribution is 6.36.